The lowest BCUT2D eigenvalue weighted by atomic mass is 9.91. The van der Waals surface area contributed by atoms with Crippen LogP contribution in [0, 0.1) is 13.8 Å². The molecule has 0 fully saturated rings. The van der Waals surface area contributed by atoms with Crippen LogP contribution >= 0.6 is 0 Å². The fourth-order valence-corrected chi connectivity index (χ4v) is 4.75. The maximum atomic E-state index is 7.17. The Bertz CT molecular complexity index is 1140. The first kappa shape index (κ1) is 24.9. The third-order valence-electron chi connectivity index (χ3n) is 6.66. The van der Waals surface area contributed by atoms with Crippen molar-refractivity contribution >= 4 is 0 Å². The smallest absolute Gasteiger partial charge is 0.109 e. The van der Waals surface area contributed by atoms with Gasteiger partial charge in [0.15, 0.2) is 0 Å². The highest BCUT2D eigenvalue weighted by atomic mass is 16.5. The lowest BCUT2D eigenvalue weighted by molar-refractivity contribution is 0.0307. The van der Waals surface area contributed by atoms with Crippen molar-refractivity contribution in [3.8, 4) is 0 Å². The molecule has 0 aliphatic heterocycles. The number of rotatable bonds is 8. The van der Waals surface area contributed by atoms with Gasteiger partial charge in [-0.25, -0.2) is 0 Å². The summed E-state index contributed by atoms with van der Waals surface area (Å²) in [4.78, 5) is 0. The van der Waals surface area contributed by atoms with Gasteiger partial charge in [-0.05, 0) is 59.1 Å². The number of benzene rings is 4. The summed E-state index contributed by atoms with van der Waals surface area (Å²) < 4.78 is 7.17. The van der Waals surface area contributed by atoms with E-state index in [-0.39, 0.29) is 12.2 Å². The minimum absolute atomic E-state index is 0.179. The highest BCUT2D eigenvalue weighted by Crippen LogP contribution is 2.38. The van der Waals surface area contributed by atoms with Gasteiger partial charge in [0.1, 0.15) is 12.2 Å². The molecule has 0 spiro atoms. The number of ether oxygens (including phenoxy) is 1. The Morgan fingerprint density at radius 2 is 0.771 bits per heavy atom. The van der Waals surface area contributed by atoms with Gasteiger partial charge < -0.3 is 4.74 Å². The number of hydrogen-bond donors (Lipinski definition) is 0. The summed E-state index contributed by atoms with van der Waals surface area (Å²) in [6.45, 7) is 13.4. The van der Waals surface area contributed by atoms with Crippen LogP contribution in [0.5, 0.6) is 0 Å². The summed E-state index contributed by atoms with van der Waals surface area (Å²) >= 11 is 0. The molecule has 1 heteroatoms. The van der Waals surface area contributed by atoms with Gasteiger partial charge in [-0.2, -0.15) is 0 Å². The normalized spacial score (nSPS) is 13.3. The van der Waals surface area contributed by atoms with E-state index in [4.69, 9.17) is 4.74 Å². The zero-order chi connectivity index (χ0) is 24.9. The molecule has 0 aliphatic carbocycles. The van der Waals surface area contributed by atoms with E-state index in [0.29, 0.717) is 11.8 Å². The molecule has 180 valence electrons. The van der Waals surface area contributed by atoms with Gasteiger partial charge in [-0.3, -0.25) is 0 Å². The Morgan fingerprint density at radius 3 is 1.11 bits per heavy atom. The van der Waals surface area contributed by atoms with E-state index in [1.54, 1.807) is 0 Å². The van der Waals surface area contributed by atoms with Crippen LogP contribution in [0.25, 0.3) is 0 Å². The third kappa shape index (κ3) is 6.10. The van der Waals surface area contributed by atoms with E-state index < -0.39 is 0 Å². The van der Waals surface area contributed by atoms with E-state index in [9.17, 15) is 0 Å². The maximum absolute atomic E-state index is 7.17. The minimum Gasteiger partial charge on any atom is -0.356 e. The largest absolute Gasteiger partial charge is 0.356 e. The average Bonchev–Trinajstić information content (AvgIpc) is 2.85. The summed E-state index contributed by atoms with van der Waals surface area (Å²) in [5.74, 6) is 0.917. The molecule has 0 saturated heterocycles. The van der Waals surface area contributed by atoms with Crippen molar-refractivity contribution in [3.63, 3.8) is 0 Å². The second-order valence-electron chi connectivity index (χ2n) is 10.4. The topological polar surface area (TPSA) is 9.23 Å². The van der Waals surface area contributed by atoms with Crippen molar-refractivity contribution < 1.29 is 4.74 Å². The van der Waals surface area contributed by atoms with E-state index >= 15 is 0 Å². The molecular formula is C34H38O. The second kappa shape index (κ2) is 11.1. The highest BCUT2D eigenvalue weighted by Gasteiger charge is 2.25. The van der Waals surface area contributed by atoms with E-state index in [1.807, 2.05) is 0 Å². The summed E-state index contributed by atoms with van der Waals surface area (Å²) in [5, 5.41) is 0. The zero-order valence-corrected chi connectivity index (χ0v) is 22.0. The molecule has 0 saturated carbocycles. The Morgan fingerprint density at radius 1 is 0.429 bits per heavy atom. The van der Waals surface area contributed by atoms with Crippen LogP contribution in [-0.4, -0.2) is 0 Å². The summed E-state index contributed by atoms with van der Waals surface area (Å²) in [6, 6.07) is 35.1. The minimum atomic E-state index is -0.179. The number of hydrogen-bond acceptors (Lipinski definition) is 1. The van der Waals surface area contributed by atoms with Crippen molar-refractivity contribution in [3.05, 3.63) is 142 Å². The molecule has 2 atom stereocenters. The maximum Gasteiger partial charge on any atom is 0.109 e. The molecule has 1 nitrogen and oxygen atoms in total. The molecule has 4 aromatic rings. The standard InChI is InChI=1S/C34H38O/c1-23(2)29-17-25(5)19-31(21-29)33(27-13-9-7-10-14-27)35-34(28-15-11-8-12-16-28)32-20-26(6)18-30(22-32)24(3)4/h7-24,33-34H,1-6H3. The molecule has 0 N–H and O–H groups in total. The molecule has 2 unspecified atom stereocenters. The Balaban J connectivity index is 1.87. The van der Waals surface area contributed by atoms with Gasteiger partial charge in [-0.15, -0.1) is 0 Å². The summed E-state index contributed by atoms with van der Waals surface area (Å²) in [7, 11) is 0. The monoisotopic (exact) mass is 462 g/mol. The van der Waals surface area contributed by atoms with Crippen LogP contribution in [0.4, 0.5) is 0 Å². The summed E-state index contributed by atoms with van der Waals surface area (Å²) in [6.07, 6.45) is -0.358. The molecule has 0 heterocycles. The van der Waals surface area contributed by atoms with Gasteiger partial charge >= 0.3 is 0 Å². The fourth-order valence-electron chi connectivity index (χ4n) is 4.75. The second-order valence-corrected chi connectivity index (χ2v) is 10.4. The van der Waals surface area contributed by atoms with E-state index in [0.717, 1.165) is 0 Å². The van der Waals surface area contributed by atoms with Crippen LogP contribution in [-0.2, 0) is 4.74 Å². The van der Waals surface area contributed by atoms with Crippen molar-refractivity contribution in [2.45, 2.75) is 65.6 Å². The van der Waals surface area contributed by atoms with Gasteiger partial charge in [0, 0.05) is 0 Å². The van der Waals surface area contributed by atoms with Crippen molar-refractivity contribution in [1.82, 2.24) is 0 Å². The lowest BCUT2D eigenvalue weighted by Gasteiger charge is -2.28. The molecule has 35 heavy (non-hydrogen) atoms. The predicted molar refractivity (Wildman–Crippen MR) is 148 cm³/mol. The van der Waals surface area contributed by atoms with Crippen molar-refractivity contribution in [1.29, 1.82) is 0 Å². The molecule has 0 radical (unpaired) electrons. The van der Waals surface area contributed by atoms with Crippen LogP contribution in [0.15, 0.2) is 97.1 Å². The third-order valence-corrected chi connectivity index (χ3v) is 6.66. The SMILES string of the molecule is Cc1cc(C(C)C)cc(C(OC(c2ccccc2)c2cc(C)cc(C(C)C)c2)c2ccccc2)c1. The molecule has 4 rings (SSSR count). The lowest BCUT2D eigenvalue weighted by Crippen LogP contribution is -2.14. The summed E-state index contributed by atoms with van der Waals surface area (Å²) in [5.41, 5.74) is 9.98. The molecular weight excluding hydrogens is 424 g/mol. The first-order chi connectivity index (χ1) is 16.8. The number of aryl methyl sites for hydroxylation is 2. The van der Waals surface area contributed by atoms with Crippen LogP contribution in [0.1, 0.15) is 96.2 Å². The Labute approximate surface area is 211 Å². The zero-order valence-electron chi connectivity index (χ0n) is 22.0. The van der Waals surface area contributed by atoms with Crippen molar-refractivity contribution in [2.75, 3.05) is 0 Å². The Kier molecular flexibility index (Phi) is 7.88. The van der Waals surface area contributed by atoms with Crippen molar-refractivity contribution in [2.24, 2.45) is 0 Å². The predicted octanol–water partition coefficient (Wildman–Crippen LogP) is 9.45. The Hall–Kier alpha value is -3.16. The van der Waals surface area contributed by atoms with E-state index in [2.05, 4.69) is 139 Å². The van der Waals surface area contributed by atoms with Gasteiger partial charge in [-0.1, -0.05) is 136 Å². The average molecular weight is 463 g/mol. The molecule has 4 aromatic carbocycles. The molecule has 0 bridgehead atoms. The molecule has 0 amide bonds. The first-order valence-electron chi connectivity index (χ1n) is 12.8. The van der Waals surface area contributed by atoms with E-state index in [1.165, 1.54) is 44.5 Å². The van der Waals surface area contributed by atoms with Gasteiger partial charge in [0.2, 0.25) is 0 Å². The quantitative estimate of drug-likeness (QED) is 0.253. The van der Waals surface area contributed by atoms with Crippen LogP contribution in [0.2, 0.25) is 0 Å². The van der Waals surface area contributed by atoms with Gasteiger partial charge in [0.25, 0.3) is 0 Å². The fraction of sp³-hybridized carbons (Fsp3) is 0.294. The highest BCUT2D eigenvalue weighted by molar-refractivity contribution is 5.40. The van der Waals surface area contributed by atoms with Crippen LogP contribution in [0.3, 0.4) is 0 Å². The van der Waals surface area contributed by atoms with Gasteiger partial charge in [0.05, 0.1) is 0 Å². The molecule has 0 aromatic heterocycles. The first-order valence-corrected chi connectivity index (χ1v) is 12.8. The molecule has 0 aliphatic rings. The van der Waals surface area contributed by atoms with Crippen LogP contribution < -0.4 is 0 Å².